The van der Waals surface area contributed by atoms with Crippen LogP contribution in [0.1, 0.15) is 80.4 Å². The van der Waals surface area contributed by atoms with Crippen molar-refractivity contribution in [2.75, 3.05) is 31.6 Å². The van der Waals surface area contributed by atoms with Crippen molar-refractivity contribution in [2.24, 2.45) is 5.92 Å². The third kappa shape index (κ3) is 7.24. The Hall–Kier alpha value is -2.61. The van der Waals surface area contributed by atoms with Gasteiger partial charge in [-0.05, 0) is 56.7 Å². The zero-order valence-corrected chi connectivity index (χ0v) is 23.3. The molecule has 2 heterocycles. The molecule has 1 amide bonds. The largest absolute Gasteiger partial charge is 0.466 e. The van der Waals surface area contributed by atoms with Crippen molar-refractivity contribution in [1.29, 1.82) is 0 Å². The molecule has 1 aromatic carbocycles. The van der Waals surface area contributed by atoms with Crippen LogP contribution in [0, 0.1) is 5.92 Å². The Balaban J connectivity index is 1.37. The highest BCUT2D eigenvalue weighted by Gasteiger charge is 2.29. The number of aromatic nitrogens is 2. The zero-order chi connectivity index (χ0) is 26.2. The van der Waals surface area contributed by atoms with E-state index in [0.717, 1.165) is 47.2 Å². The Kier molecular flexibility index (Phi) is 9.83. The lowest BCUT2D eigenvalue weighted by atomic mass is 9.94. The highest BCUT2D eigenvalue weighted by atomic mass is 32.2. The number of likely N-dealkylation sites (tertiary alicyclic amines) is 1. The molecule has 0 radical (unpaired) electrons. The molecule has 37 heavy (non-hydrogen) atoms. The summed E-state index contributed by atoms with van der Waals surface area (Å²) in [5, 5.41) is 0.801. The van der Waals surface area contributed by atoms with Gasteiger partial charge < -0.3 is 14.5 Å². The summed E-state index contributed by atoms with van der Waals surface area (Å²) in [5.41, 5.74) is 2.84. The summed E-state index contributed by atoms with van der Waals surface area (Å²) in [4.78, 5) is 39.0. The quantitative estimate of drug-likeness (QED) is 0.243. The van der Waals surface area contributed by atoms with Crippen LogP contribution in [-0.4, -0.2) is 59.5 Å². The van der Waals surface area contributed by atoms with Gasteiger partial charge in [0, 0.05) is 49.3 Å². The number of nitrogens with zero attached hydrogens (tertiary/aromatic N) is 4. The van der Waals surface area contributed by atoms with E-state index in [9.17, 15) is 9.59 Å². The Morgan fingerprint density at radius 2 is 1.81 bits per heavy atom. The first kappa shape index (κ1) is 27.4. The van der Waals surface area contributed by atoms with Crippen molar-refractivity contribution in [3.05, 3.63) is 47.2 Å². The summed E-state index contributed by atoms with van der Waals surface area (Å²) in [7, 11) is 2.17. The van der Waals surface area contributed by atoms with Crippen LogP contribution in [0.2, 0.25) is 0 Å². The lowest BCUT2D eigenvalue weighted by Gasteiger charge is -2.32. The monoisotopic (exact) mass is 524 g/mol. The van der Waals surface area contributed by atoms with Gasteiger partial charge in [0.2, 0.25) is 0 Å². The highest BCUT2D eigenvalue weighted by Crippen LogP contribution is 2.28. The van der Waals surface area contributed by atoms with Crippen LogP contribution in [0.5, 0.6) is 0 Å². The minimum atomic E-state index is -0.228. The molecule has 1 atom stereocenters. The van der Waals surface area contributed by atoms with Crippen LogP contribution in [0.15, 0.2) is 35.5 Å². The van der Waals surface area contributed by atoms with Crippen molar-refractivity contribution >= 4 is 29.5 Å². The summed E-state index contributed by atoms with van der Waals surface area (Å²) in [5.74, 6) is 1.31. The maximum Gasteiger partial charge on any atom is 0.310 e. The number of thioether (sulfide) groups is 1. The van der Waals surface area contributed by atoms with Crippen LogP contribution >= 0.6 is 11.8 Å². The number of hydrogen-bond acceptors (Lipinski definition) is 7. The molecule has 1 aromatic heterocycles. The molecule has 0 N–H and O–H groups in total. The molecule has 0 bridgehead atoms. The number of aryl methyl sites for hydroxylation is 1. The molecular weight excluding hydrogens is 484 g/mol. The summed E-state index contributed by atoms with van der Waals surface area (Å²) in [6.45, 7) is 5.42. The van der Waals surface area contributed by atoms with E-state index in [1.165, 1.54) is 32.1 Å². The second kappa shape index (κ2) is 13.3. The fourth-order valence-corrected chi connectivity index (χ4v) is 6.06. The van der Waals surface area contributed by atoms with Gasteiger partial charge in [-0.15, -0.1) is 0 Å². The van der Waals surface area contributed by atoms with Gasteiger partial charge in [0.1, 0.15) is 5.82 Å². The number of ether oxygens (including phenoxy) is 1. The van der Waals surface area contributed by atoms with Crippen molar-refractivity contribution in [2.45, 2.75) is 82.2 Å². The lowest BCUT2D eigenvalue weighted by Crippen LogP contribution is -2.42. The topological polar surface area (TPSA) is 75.6 Å². The van der Waals surface area contributed by atoms with E-state index in [1.807, 2.05) is 31.2 Å². The molecule has 1 saturated carbocycles. The van der Waals surface area contributed by atoms with E-state index in [2.05, 4.69) is 24.9 Å². The van der Waals surface area contributed by atoms with Crippen LogP contribution < -0.4 is 4.90 Å². The molecule has 1 aliphatic carbocycles. The number of rotatable bonds is 9. The average Bonchev–Trinajstić information content (AvgIpc) is 2.96. The van der Waals surface area contributed by atoms with Gasteiger partial charge in [-0.25, -0.2) is 9.97 Å². The molecule has 1 aliphatic heterocycles. The molecule has 0 unspecified atom stereocenters. The first-order valence-corrected chi connectivity index (χ1v) is 14.8. The number of carbonyl (C=O) groups excluding carboxylic acids is 2. The minimum Gasteiger partial charge on any atom is -0.466 e. The number of carbonyl (C=O) groups is 2. The third-order valence-electron chi connectivity index (χ3n) is 7.49. The van der Waals surface area contributed by atoms with Crippen LogP contribution in [0.4, 0.5) is 5.82 Å². The van der Waals surface area contributed by atoms with Crippen molar-refractivity contribution in [3.63, 3.8) is 0 Å². The molecule has 4 rings (SSSR count). The molecule has 200 valence electrons. The van der Waals surface area contributed by atoms with Crippen molar-refractivity contribution in [1.82, 2.24) is 14.9 Å². The van der Waals surface area contributed by atoms with E-state index in [1.54, 1.807) is 16.7 Å². The molecule has 2 aromatic rings. The molecule has 7 nitrogen and oxygen atoms in total. The van der Waals surface area contributed by atoms with Gasteiger partial charge in [0.25, 0.3) is 5.91 Å². The fraction of sp³-hybridized carbons (Fsp3) is 0.586. The van der Waals surface area contributed by atoms with Crippen molar-refractivity contribution in [3.8, 4) is 0 Å². The van der Waals surface area contributed by atoms with Gasteiger partial charge in [-0.1, -0.05) is 50.1 Å². The van der Waals surface area contributed by atoms with E-state index < -0.39 is 0 Å². The standard InChI is InChI=1S/C29H40N4O3S/c1-4-24-18-26(32(3)25-11-7-6-8-12-25)31-29(30-24)37-20-21-13-15-22(16-14-21)27(34)33-17-9-10-23(19-33)28(35)36-5-2/h13-16,18,23,25H,4-12,17,19-20H2,1-3H3/t23-/m1/s1. The second-order valence-electron chi connectivity index (χ2n) is 10.1. The zero-order valence-electron chi connectivity index (χ0n) is 22.4. The Bertz CT molecular complexity index is 1060. The number of benzene rings is 1. The van der Waals surface area contributed by atoms with Gasteiger partial charge in [0.05, 0.1) is 12.5 Å². The van der Waals surface area contributed by atoms with E-state index in [0.29, 0.717) is 31.3 Å². The number of esters is 1. The van der Waals surface area contributed by atoms with Crippen LogP contribution in [0.25, 0.3) is 0 Å². The van der Waals surface area contributed by atoms with E-state index in [-0.39, 0.29) is 17.8 Å². The lowest BCUT2D eigenvalue weighted by molar-refractivity contribution is -0.149. The Labute approximate surface area is 225 Å². The number of anilines is 1. The third-order valence-corrected chi connectivity index (χ3v) is 8.41. The van der Waals surface area contributed by atoms with Gasteiger partial charge in [0.15, 0.2) is 5.16 Å². The number of amides is 1. The van der Waals surface area contributed by atoms with Gasteiger partial charge >= 0.3 is 5.97 Å². The fourth-order valence-electron chi connectivity index (χ4n) is 5.23. The van der Waals surface area contributed by atoms with Crippen molar-refractivity contribution < 1.29 is 14.3 Å². The second-order valence-corrected chi connectivity index (χ2v) is 11.0. The van der Waals surface area contributed by atoms with Gasteiger partial charge in [-0.2, -0.15) is 0 Å². The maximum atomic E-state index is 13.1. The molecule has 0 spiro atoms. The number of hydrogen-bond donors (Lipinski definition) is 0. The molecule has 8 heteroatoms. The number of piperidine rings is 1. The maximum absolute atomic E-state index is 13.1. The predicted molar refractivity (Wildman–Crippen MR) is 148 cm³/mol. The average molecular weight is 525 g/mol. The Morgan fingerprint density at radius 3 is 2.51 bits per heavy atom. The molecular formula is C29H40N4O3S. The first-order chi connectivity index (χ1) is 18.0. The summed E-state index contributed by atoms with van der Waals surface area (Å²) in [6, 6.07) is 10.5. The summed E-state index contributed by atoms with van der Waals surface area (Å²) < 4.78 is 5.17. The summed E-state index contributed by atoms with van der Waals surface area (Å²) >= 11 is 1.64. The smallest absolute Gasteiger partial charge is 0.310 e. The highest BCUT2D eigenvalue weighted by molar-refractivity contribution is 7.98. The predicted octanol–water partition coefficient (Wildman–Crippen LogP) is 5.52. The normalized spacial score (nSPS) is 18.5. The van der Waals surface area contributed by atoms with E-state index in [4.69, 9.17) is 14.7 Å². The molecule has 2 fully saturated rings. The minimum absolute atomic E-state index is 0.0254. The SMILES string of the molecule is CCOC(=O)[C@@H]1CCCN(C(=O)c2ccc(CSc3nc(CC)cc(N(C)C4CCCCC4)n3)cc2)C1. The molecule has 2 aliphatic rings. The van der Waals surface area contributed by atoms with Crippen LogP contribution in [0.3, 0.4) is 0 Å². The van der Waals surface area contributed by atoms with E-state index >= 15 is 0 Å². The summed E-state index contributed by atoms with van der Waals surface area (Å²) in [6.07, 6.45) is 8.87. The Morgan fingerprint density at radius 1 is 1.05 bits per heavy atom. The first-order valence-electron chi connectivity index (χ1n) is 13.8. The van der Waals surface area contributed by atoms with Gasteiger partial charge in [-0.3, -0.25) is 9.59 Å². The van der Waals surface area contributed by atoms with Crippen LogP contribution in [-0.2, 0) is 21.7 Å². The molecule has 1 saturated heterocycles.